The van der Waals surface area contributed by atoms with Crippen molar-refractivity contribution < 1.29 is 38.9 Å². The molecule has 0 bridgehead atoms. The van der Waals surface area contributed by atoms with Crippen LogP contribution in [0.25, 0.3) is 0 Å². The third-order valence-electron chi connectivity index (χ3n) is 12.0. The number of aliphatic carboxylic acids is 2. The van der Waals surface area contributed by atoms with Gasteiger partial charge in [0.15, 0.2) is 0 Å². The van der Waals surface area contributed by atoms with Crippen molar-refractivity contribution in [3.8, 4) is 11.5 Å². The highest BCUT2D eigenvalue weighted by Crippen LogP contribution is 2.59. The summed E-state index contributed by atoms with van der Waals surface area (Å²) in [6.45, 7) is 16.1. The van der Waals surface area contributed by atoms with Gasteiger partial charge in [0.2, 0.25) is 0 Å². The van der Waals surface area contributed by atoms with E-state index in [-0.39, 0.29) is 18.3 Å². The smallest absolute Gasteiger partial charge is 0.416 e. The van der Waals surface area contributed by atoms with E-state index in [2.05, 4.69) is 0 Å². The molecular weight excluding hydrogens is 684 g/mol. The van der Waals surface area contributed by atoms with Crippen molar-refractivity contribution in [2.24, 2.45) is 17.3 Å². The van der Waals surface area contributed by atoms with E-state index in [0.717, 1.165) is 38.5 Å². The van der Waals surface area contributed by atoms with E-state index in [4.69, 9.17) is 14.6 Å². The lowest BCUT2D eigenvalue weighted by atomic mass is 9.52. The van der Waals surface area contributed by atoms with Gasteiger partial charge in [0.1, 0.15) is 11.5 Å². The molecule has 2 aromatic carbocycles. The Morgan fingerprint density at radius 3 is 1.24 bits per heavy atom. The van der Waals surface area contributed by atoms with Gasteiger partial charge in [-0.15, -0.1) is 0 Å². The summed E-state index contributed by atoms with van der Waals surface area (Å²) in [5.74, 6) is -1.20. The molecule has 2 heterocycles. The maximum atomic E-state index is 14.2. The van der Waals surface area contributed by atoms with E-state index < -0.39 is 51.7 Å². The average molecular weight is 749 g/mol. The second-order valence-corrected chi connectivity index (χ2v) is 18.2. The summed E-state index contributed by atoms with van der Waals surface area (Å²) < 4.78 is 11.7. The number of carboxylic acid groups (broad SMARTS) is 2. The predicted octanol–water partition coefficient (Wildman–Crippen LogP) is 10.6. The van der Waals surface area contributed by atoms with E-state index in [9.17, 15) is 24.3 Å². The zero-order chi connectivity index (χ0) is 40.0. The standard InChI is InChI=1S/C44H64N2O8/c1-40(2)28-32(29-41(3,4)45(40)38(51)53-34-22-16-14-17-23-34)44(37(49)50,27-21-13-11-9-10-12-20-26-36(47)48)33-30-42(5,6)46(43(7,8)31-33)39(52)54-35-24-18-15-19-25-35/h14-19,22-25,32-33H,9-13,20-21,26-31H2,1-8H3,(H,47,48)(H,49,50). The summed E-state index contributed by atoms with van der Waals surface area (Å²) in [5, 5.41) is 20.6. The Kier molecular flexibility index (Phi) is 13.6. The first-order valence-corrected chi connectivity index (χ1v) is 19.8. The van der Waals surface area contributed by atoms with Crippen LogP contribution in [0.2, 0.25) is 0 Å². The molecule has 0 atom stereocenters. The molecule has 2 aromatic rings. The van der Waals surface area contributed by atoms with Crippen molar-refractivity contribution in [2.75, 3.05) is 0 Å². The number of likely N-dealkylation sites (tertiary alicyclic amines) is 2. The number of unbranched alkanes of at least 4 members (excludes halogenated alkanes) is 6. The number of nitrogens with zero attached hydrogens (tertiary/aromatic N) is 2. The van der Waals surface area contributed by atoms with Crippen molar-refractivity contribution in [2.45, 2.75) is 161 Å². The van der Waals surface area contributed by atoms with E-state index in [1.54, 1.807) is 34.1 Å². The maximum Gasteiger partial charge on any atom is 0.416 e. The Hall–Kier alpha value is -4.08. The summed E-state index contributed by atoms with van der Waals surface area (Å²) >= 11 is 0. The molecule has 0 unspecified atom stereocenters. The van der Waals surface area contributed by atoms with Gasteiger partial charge >= 0.3 is 24.1 Å². The number of benzene rings is 2. The predicted molar refractivity (Wildman–Crippen MR) is 210 cm³/mol. The van der Waals surface area contributed by atoms with Gasteiger partial charge in [-0.1, -0.05) is 74.9 Å². The molecule has 0 radical (unpaired) electrons. The first kappa shape index (κ1) is 42.7. The maximum absolute atomic E-state index is 14.2. The van der Waals surface area contributed by atoms with Crippen LogP contribution < -0.4 is 9.47 Å². The first-order chi connectivity index (χ1) is 25.2. The van der Waals surface area contributed by atoms with Crippen LogP contribution in [0.15, 0.2) is 60.7 Å². The molecule has 0 aliphatic carbocycles. The molecule has 4 rings (SSSR count). The summed E-state index contributed by atoms with van der Waals surface area (Å²) in [5.41, 5.74) is -4.02. The molecule has 0 aromatic heterocycles. The molecular formula is C44H64N2O8. The summed E-state index contributed by atoms with van der Waals surface area (Å²) in [4.78, 5) is 56.5. The van der Waals surface area contributed by atoms with Gasteiger partial charge < -0.3 is 19.7 Å². The molecule has 0 saturated carbocycles. The summed E-state index contributed by atoms with van der Waals surface area (Å²) in [6.07, 6.45) is 7.71. The highest BCUT2D eigenvalue weighted by Gasteiger charge is 2.62. The Labute approximate surface area is 322 Å². The first-order valence-electron chi connectivity index (χ1n) is 19.8. The molecule has 2 amide bonds. The molecule has 2 aliphatic rings. The molecule has 2 saturated heterocycles. The molecule has 0 spiro atoms. The lowest BCUT2D eigenvalue weighted by molar-refractivity contribution is -0.174. The number of carbonyl (C=O) groups is 4. The number of hydrogen-bond acceptors (Lipinski definition) is 6. The van der Waals surface area contributed by atoms with Crippen LogP contribution >= 0.6 is 0 Å². The zero-order valence-electron chi connectivity index (χ0n) is 33.9. The van der Waals surface area contributed by atoms with E-state index in [0.29, 0.717) is 50.0 Å². The number of para-hydroxylation sites is 2. The molecule has 54 heavy (non-hydrogen) atoms. The highest BCUT2D eigenvalue weighted by molar-refractivity contribution is 5.77. The van der Waals surface area contributed by atoms with Crippen LogP contribution in [-0.4, -0.2) is 66.3 Å². The Morgan fingerprint density at radius 2 is 0.907 bits per heavy atom. The van der Waals surface area contributed by atoms with Gasteiger partial charge in [-0.3, -0.25) is 19.4 Å². The van der Waals surface area contributed by atoms with Gasteiger partial charge in [-0.2, -0.15) is 0 Å². The third kappa shape index (κ3) is 9.96. The van der Waals surface area contributed by atoms with Crippen LogP contribution in [0.3, 0.4) is 0 Å². The van der Waals surface area contributed by atoms with Crippen LogP contribution in [0.4, 0.5) is 9.59 Å². The molecule has 2 fully saturated rings. The summed E-state index contributed by atoms with van der Waals surface area (Å²) in [6, 6.07) is 18.0. The number of piperidine rings is 2. The van der Waals surface area contributed by atoms with Crippen LogP contribution in [0, 0.1) is 17.3 Å². The number of hydrogen-bond donors (Lipinski definition) is 2. The Morgan fingerprint density at radius 1 is 0.574 bits per heavy atom. The van der Waals surface area contributed by atoms with Crippen molar-refractivity contribution in [1.29, 1.82) is 0 Å². The summed E-state index contributed by atoms with van der Waals surface area (Å²) in [7, 11) is 0. The zero-order valence-corrected chi connectivity index (χ0v) is 33.9. The SMILES string of the molecule is CC1(C)CC(C(CCCCCCCCCC(=O)O)(C(=O)O)C2CC(C)(C)N(C(=O)Oc3ccccc3)C(C)(C)C2)CC(C)(C)N1C(=O)Oc1ccccc1. The van der Waals surface area contributed by atoms with Crippen molar-refractivity contribution in [3.05, 3.63) is 60.7 Å². The minimum absolute atomic E-state index is 0.187. The largest absolute Gasteiger partial charge is 0.481 e. The number of rotatable bonds is 15. The highest BCUT2D eigenvalue weighted by atomic mass is 16.6. The normalized spacial score (nSPS) is 19.6. The number of carboxylic acids is 2. The molecule has 2 aliphatic heterocycles. The van der Waals surface area contributed by atoms with Crippen LogP contribution in [0.5, 0.6) is 11.5 Å². The Bertz CT molecular complexity index is 1460. The number of amides is 2. The van der Waals surface area contributed by atoms with Gasteiger partial charge in [-0.25, -0.2) is 9.59 Å². The second kappa shape index (κ2) is 17.2. The second-order valence-electron chi connectivity index (χ2n) is 18.2. The van der Waals surface area contributed by atoms with Crippen molar-refractivity contribution >= 4 is 24.1 Å². The topological polar surface area (TPSA) is 134 Å². The quantitative estimate of drug-likeness (QED) is 0.172. The fourth-order valence-corrected chi connectivity index (χ4v) is 10.3. The van der Waals surface area contributed by atoms with Gasteiger partial charge in [0, 0.05) is 28.6 Å². The molecule has 10 nitrogen and oxygen atoms in total. The minimum atomic E-state index is -1.13. The monoisotopic (exact) mass is 748 g/mol. The molecule has 2 N–H and O–H groups in total. The molecule has 10 heteroatoms. The molecule has 298 valence electrons. The average Bonchev–Trinajstić information content (AvgIpc) is 3.04. The number of ether oxygens (including phenoxy) is 2. The lowest BCUT2D eigenvalue weighted by Crippen LogP contribution is -2.69. The fraction of sp³-hybridized carbons (Fsp3) is 0.636. The van der Waals surface area contributed by atoms with Gasteiger partial charge in [-0.05, 0) is 130 Å². The van der Waals surface area contributed by atoms with Crippen LogP contribution in [0.1, 0.15) is 139 Å². The fourth-order valence-electron chi connectivity index (χ4n) is 10.3. The van der Waals surface area contributed by atoms with Gasteiger partial charge in [0.05, 0.1) is 5.41 Å². The van der Waals surface area contributed by atoms with Crippen molar-refractivity contribution in [3.63, 3.8) is 0 Å². The lowest BCUT2D eigenvalue weighted by Gasteiger charge is -2.61. The van der Waals surface area contributed by atoms with Crippen LogP contribution in [-0.2, 0) is 9.59 Å². The minimum Gasteiger partial charge on any atom is -0.481 e. The Balaban J connectivity index is 1.65. The third-order valence-corrected chi connectivity index (χ3v) is 12.0. The van der Waals surface area contributed by atoms with E-state index in [1.807, 2.05) is 91.8 Å². The number of carbonyl (C=O) groups excluding carboxylic acids is 2. The van der Waals surface area contributed by atoms with E-state index >= 15 is 0 Å². The van der Waals surface area contributed by atoms with Crippen molar-refractivity contribution in [1.82, 2.24) is 9.80 Å². The van der Waals surface area contributed by atoms with E-state index in [1.165, 1.54) is 0 Å². The van der Waals surface area contributed by atoms with Gasteiger partial charge in [0.25, 0.3) is 0 Å².